The lowest BCUT2D eigenvalue weighted by Crippen LogP contribution is -2.30. The molecule has 0 N–H and O–H groups in total. The van der Waals surface area contributed by atoms with E-state index in [1.54, 1.807) is 0 Å². The first-order chi connectivity index (χ1) is 40.0. The minimum atomic E-state index is -0.777. The molecule has 0 aliphatic heterocycles. The van der Waals surface area contributed by atoms with Crippen LogP contribution in [0.4, 0.5) is 0 Å². The van der Waals surface area contributed by atoms with Crippen LogP contribution in [0.5, 0.6) is 0 Å². The van der Waals surface area contributed by atoms with E-state index >= 15 is 0 Å². The predicted octanol–water partition coefficient (Wildman–Crippen LogP) is 25.1. The third-order valence-electron chi connectivity index (χ3n) is 16.7. The fourth-order valence-corrected chi connectivity index (χ4v) is 11.2. The molecule has 0 saturated carbocycles. The number of allylic oxidation sites excluding steroid dienone is 6. The maximum absolute atomic E-state index is 13.0. The van der Waals surface area contributed by atoms with Crippen molar-refractivity contribution >= 4 is 17.9 Å². The Hall–Kier alpha value is -2.37. The number of carbonyl (C=O) groups excluding carboxylic acids is 3. The number of hydrogen-bond acceptors (Lipinski definition) is 6. The van der Waals surface area contributed by atoms with Gasteiger partial charge in [0.25, 0.3) is 0 Å². The van der Waals surface area contributed by atoms with Crippen molar-refractivity contribution in [2.75, 3.05) is 13.2 Å². The fourth-order valence-electron chi connectivity index (χ4n) is 11.2. The highest BCUT2D eigenvalue weighted by Crippen LogP contribution is 2.19. The van der Waals surface area contributed by atoms with Crippen molar-refractivity contribution in [3.63, 3.8) is 0 Å². The molecule has 0 aromatic carbocycles. The minimum Gasteiger partial charge on any atom is -0.462 e. The molecule has 0 aromatic rings. The van der Waals surface area contributed by atoms with Crippen LogP contribution in [0, 0.1) is 0 Å². The van der Waals surface area contributed by atoms with Crippen molar-refractivity contribution in [2.45, 2.75) is 412 Å². The van der Waals surface area contributed by atoms with Crippen molar-refractivity contribution in [3.05, 3.63) is 36.5 Å². The van der Waals surface area contributed by atoms with Gasteiger partial charge in [0.05, 0.1) is 0 Å². The molecule has 81 heavy (non-hydrogen) atoms. The summed E-state index contributed by atoms with van der Waals surface area (Å²) in [6.45, 7) is 6.60. The van der Waals surface area contributed by atoms with Gasteiger partial charge in [-0.15, -0.1) is 0 Å². The zero-order valence-corrected chi connectivity index (χ0v) is 54.8. The van der Waals surface area contributed by atoms with Gasteiger partial charge in [-0.25, -0.2) is 0 Å². The van der Waals surface area contributed by atoms with E-state index in [1.165, 1.54) is 270 Å². The van der Waals surface area contributed by atoms with E-state index < -0.39 is 6.10 Å². The Morgan fingerprint density at radius 1 is 0.259 bits per heavy atom. The van der Waals surface area contributed by atoms with Crippen LogP contribution < -0.4 is 0 Å². The second kappa shape index (κ2) is 70.1. The van der Waals surface area contributed by atoms with Gasteiger partial charge in [-0.1, -0.05) is 372 Å². The number of hydrogen-bond donors (Lipinski definition) is 0. The van der Waals surface area contributed by atoms with Crippen LogP contribution in [0.15, 0.2) is 36.5 Å². The topological polar surface area (TPSA) is 78.9 Å². The Balaban J connectivity index is 4.19. The zero-order valence-electron chi connectivity index (χ0n) is 54.8. The van der Waals surface area contributed by atoms with E-state index in [-0.39, 0.29) is 31.1 Å². The Labute approximate surface area is 506 Å². The average Bonchev–Trinajstić information content (AvgIpc) is 3.47. The number of rotatable bonds is 68. The summed E-state index contributed by atoms with van der Waals surface area (Å²) < 4.78 is 17.0. The predicted molar refractivity (Wildman–Crippen MR) is 353 cm³/mol. The molecule has 0 heterocycles. The summed E-state index contributed by atoms with van der Waals surface area (Å²) in [5.74, 6) is -0.858. The molecule has 0 fully saturated rings. The molecule has 0 aliphatic rings. The molecule has 0 radical (unpaired) electrons. The average molecular weight is 1140 g/mol. The van der Waals surface area contributed by atoms with Crippen molar-refractivity contribution in [2.24, 2.45) is 0 Å². The third kappa shape index (κ3) is 68.3. The summed E-state index contributed by atoms with van der Waals surface area (Å²) in [6, 6.07) is 0. The van der Waals surface area contributed by atoms with Gasteiger partial charge in [-0.3, -0.25) is 14.4 Å². The largest absolute Gasteiger partial charge is 0.462 e. The SMILES string of the molecule is CC/C=C\C/C=C\C/C=C\CCCCCCCC(=O)OCC(COC(=O)CCCCCCCCCCCCCCCCCCCCCCCCCCCCCCC)OC(=O)CCCCCCCCCCCCCCCCCCCCC. The van der Waals surface area contributed by atoms with Crippen LogP contribution in [0.1, 0.15) is 406 Å². The highest BCUT2D eigenvalue weighted by atomic mass is 16.6. The van der Waals surface area contributed by atoms with Crippen LogP contribution in [0.3, 0.4) is 0 Å². The van der Waals surface area contributed by atoms with E-state index in [0.717, 1.165) is 96.3 Å². The molecule has 476 valence electrons. The molecule has 0 amide bonds. The Kier molecular flexibility index (Phi) is 68.1. The molecule has 0 rings (SSSR count). The number of ether oxygens (including phenoxy) is 3. The quantitative estimate of drug-likeness (QED) is 0.0261. The second-order valence-corrected chi connectivity index (χ2v) is 24.8. The van der Waals surface area contributed by atoms with Crippen molar-refractivity contribution < 1.29 is 28.6 Å². The number of carbonyl (C=O) groups is 3. The van der Waals surface area contributed by atoms with E-state index in [2.05, 4.69) is 57.2 Å². The molecule has 0 aromatic heterocycles. The third-order valence-corrected chi connectivity index (χ3v) is 16.7. The van der Waals surface area contributed by atoms with E-state index in [1.807, 2.05) is 0 Å². The highest BCUT2D eigenvalue weighted by Gasteiger charge is 2.19. The molecular weight excluding hydrogens is 997 g/mol. The summed E-state index contributed by atoms with van der Waals surface area (Å²) in [4.78, 5) is 38.4. The lowest BCUT2D eigenvalue weighted by molar-refractivity contribution is -0.167. The standard InChI is InChI=1S/C75H140O6/c1-4-7-10-13-16-19-22-25-28-30-32-33-34-35-36-37-38-39-40-41-43-44-47-50-53-56-59-62-65-68-74(77)80-71-72(70-79-73(76)67-64-61-58-55-52-49-46-27-24-21-18-15-12-9-6-3)81-75(78)69-66-63-60-57-54-51-48-45-42-31-29-26-23-20-17-14-11-8-5-2/h9,12,18,21,27,46,72H,4-8,10-11,13-17,19-20,22-26,28-45,47-71H2,1-3H3/b12-9-,21-18-,46-27-. The normalized spacial score (nSPS) is 12.2. The minimum absolute atomic E-state index is 0.0718. The molecule has 0 spiro atoms. The fraction of sp³-hybridized carbons (Fsp3) is 0.880. The molecular formula is C75H140O6. The van der Waals surface area contributed by atoms with E-state index in [4.69, 9.17) is 14.2 Å². The van der Waals surface area contributed by atoms with Crippen LogP contribution in [-0.2, 0) is 28.6 Å². The summed E-state index contributed by atoms with van der Waals surface area (Å²) >= 11 is 0. The molecule has 6 heteroatoms. The zero-order chi connectivity index (χ0) is 58.5. The molecule has 0 bridgehead atoms. The van der Waals surface area contributed by atoms with Gasteiger partial charge in [0.15, 0.2) is 6.10 Å². The lowest BCUT2D eigenvalue weighted by atomic mass is 10.0. The van der Waals surface area contributed by atoms with Crippen LogP contribution in [0.2, 0.25) is 0 Å². The molecule has 1 atom stereocenters. The molecule has 0 saturated heterocycles. The lowest BCUT2D eigenvalue weighted by Gasteiger charge is -2.18. The Morgan fingerprint density at radius 3 is 0.753 bits per heavy atom. The van der Waals surface area contributed by atoms with Gasteiger partial charge in [0.2, 0.25) is 0 Å². The Morgan fingerprint density at radius 2 is 0.481 bits per heavy atom. The highest BCUT2D eigenvalue weighted by molar-refractivity contribution is 5.71. The summed E-state index contributed by atoms with van der Waals surface area (Å²) in [6.07, 6.45) is 87.6. The summed E-state index contributed by atoms with van der Waals surface area (Å²) in [5.41, 5.74) is 0. The molecule has 6 nitrogen and oxygen atoms in total. The Bertz CT molecular complexity index is 1350. The maximum Gasteiger partial charge on any atom is 0.306 e. The summed E-state index contributed by atoms with van der Waals surface area (Å²) in [5, 5.41) is 0. The van der Waals surface area contributed by atoms with Gasteiger partial charge >= 0.3 is 17.9 Å². The smallest absolute Gasteiger partial charge is 0.306 e. The second-order valence-electron chi connectivity index (χ2n) is 24.8. The van der Waals surface area contributed by atoms with Crippen LogP contribution in [-0.4, -0.2) is 37.2 Å². The van der Waals surface area contributed by atoms with E-state index in [9.17, 15) is 14.4 Å². The monoisotopic (exact) mass is 1140 g/mol. The van der Waals surface area contributed by atoms with Crippen LogP contribution >= 0.6 is 0 Å². The van der Waals surface area contributed by atoms with Crippen molar-refractivity contribution in [1.82, 2.24) is 0 Å². The van der Waals surface area contributed by atoms with E-state index in [0.29, 0.717) is 19.3 Å². The molecule has 0 aliphatic carbocycles. The van der Waals surface area contributed by atoms with Gasteiger partial charge in [0.1, 0.15) is 13.2 Å². The van der Waals surface area contributed by atoms with Crippen molar-refractivity contribution in [3.8, 4) is 0 Å². The summed E-state index contributed by atoms with van der Waals surface area (Å²) in [7, 11) is 0. The maximum atomic E-state index is 13.0. The first-order valence-corrected chi connectivity index (χ1v) is 36.5. The first-order valence-electron chi connectivity index (χ1n) is 36.5. The van der Waals surface area contributed by atoms with Gasteiger partial charge in [0, 0.05) is 19.3 Å². The van der Waals surface area contributed by atoms with Gasteiger partial charge < -0.3 is 14.2 Å². The van der Waals surface area contributed by atoms with Gasteiger partial charge in [-0.2, -0.15) is 0 Å². The first kappa shape index (κ1) is 78.6. The number of esters is 3. The van der Waals surface area contributed by atoms with Crippen molar-refractivity contribution in [1.29, 1.82) is 0 Å². The van der Waals surface area contributed by atoms with Crippen LogP contribution in [0.25, 0.3) is 0 Å². The number of unbranched alkanes of at least 4 members (excludes halogenated alkanes) is 51. The molecule has 1 unspecified atom stereocenters. The van der Waals surface area contributed by atoms with Gasteiger partial charge in [-0.05, 0) is 51.4 Å².